The largest absolute Gasteiger partial charge is 0.347 e. The highest BCUT2D eigenvalue weighted by atomic mass is 32.1. The fourth-order valence-electron chi connectivity index (χ4n) is 3.61. The molecule has 1 fully saturated rings. The summed E-state index contributed by atoms with van der Waals surface area (Å²) in [4.78, 5) is 30.1. The molecule has 4 heterocycles. The van der Waals surface area contributed by atoms with Crippen molar-refractivity contribution in [3.63, 3.8) is 0 Å². The van der Waals surface area contributed by atoms with E-state index < -0.39 is 0 Å². The van der Waals surface area contributed by atoms with Crippen molar-refractivity contribution in [3.8, 4) is 0 Å². The number of aryl methyl sites for hydroxylation is 1. The predicted molar refractivity (Wildman–Crippen MR) is 104 cm³/mol. The van der Waals surface area contributed by atoms with Crippen molar-refractivity contribution in [2.75, 3.05) is 18.0 Å². The summed E-state index contributed by atoms with van der Waals surface area (Å²) in [5, 5.41) is 5.68. The molecule has 3 aromatic heterocycles. The molecule has 1 amide bonds. The van der Waals surface area contributed by atoms with Crippen molar-refractivity contribution in [3.05, 3.63) is 36.2 Å². The molecule has 142 valence electrons. The second-order valence-electron chi connectivity index (χ2n) is 6.96. The summed E-state index contributed by atoms with van der Waals surface area (Å²) >= 11 is 1.62. The van der Waals surface area contributed by atoms with E-state index in [1.54, 1.807) is 30.7 Å². The van der Waals surface area contributed by atoms with E-state index in [9.17, 15) is 4.79 Å². The maximum Gasteiger partial charge on any atom is 0.219 e. The van der Waals surface area contributed by atoms with E-state index in [1.165, 1.54) is 6.33 Å². The minimum atomic E-state index is 0.0977. The van der Waals surface area contributed by atoms with Crippen molar-refractivity contribution in [1.29, 1.82) is 0 Å². The van der Waals surface area contributed by atoms with Crippen LogP contribution in [-0.2, 0) is 11.3 Å². The van der Waals surface area contributed by atoms with Crippen LogP contribution in [0.25, 0.3) is 4.96 Å². The Morgan fingerprint density at radius 2 is 2.11 bits per heavy atom. The van der Waals surface area contributed by atoms with E-state index in [4.69, 9.17) is 0 Å². The zero-order valence-electron chi connectivity index (χ0n) is 15.6. The van der Waals surface area contributed by atoms with Gasteiger partial charge in [0.15, 0.2) is 0 Å². The van der Waals surface area contributed by atoms with Crippen LogP contribution >= 0.6 is 11.3 Å². The van der Waals surface area contributed by atoms with Gasteiger partial charge in [0.1, 0.15) is 6.33 Å². The van der Waals surface area contributed by atoms with Crippen LogP contribution in [0.4, 0.5) is 5.13 Å². The summed E-state index contributed by atoms with van der Waals surface area (Å²) in [6, 6.07) is 0.221. The third-order valence-corrected chi connectivity index (χ3v) is 5.92. The van der Waals surface area contributed by atoms with Crippen LogP contribution in [0.3, 0.4) is 0 Å². The molecular formula is C18H23N7OS. The molecule has 0 saturated carbocycles. The number of nitrogens with zero attached hydrogens (tertiary/aromatic N) is 7. The van der Waals surface area contributed by atoms with Gasteiger partial charge in [0, 0.05) is 50.6 Å². The molecule has 0 bridgehead atoms. The fraction of sp³-hybridized carbons (Fsp3) is 0.500. The summed E-state index contributed by atoms with van der Waals surface area (Å²) in [5.41, 5.74) is 1.95. The Balaban J connectivity index is 1.46. The fourth-order valence-corrected chi connectivity index (χ4v) is 4.59. The minimum absolute atomic E-state index is 0.0977. The second kappa shape index (κ2) is 7.59. The van der Waals surface area contributed by atoms with Crippen LogP contribution in [0.15, 0.2) is 24.9 Å². The molecule has 27 heavy (non-hydrogen) atoms. The highest BCUT2D eigenvalue weighted by Gasteiger charge is 2.26. The topological polar surface area (TPSA) is 79.5 Å². The lowest BCUT2D eigenvalue weighted by Gasteiger charge is -2.30. The lowest BCUT2D eigenvalue weighted by molar-refractivity contribution is -0.132. The third-order valence-electron chi connectivity index (χ3n) is 4.93. The smallest absolute Gasteiger partial charge is 0.219 e. The van der Waals surface area contributed by atoms with E-state index >= 15 is 0 Å². The van der Waals surface area contributed by atoms with Crippen molar-refractivity contribution in [2.24, 2.45) is 0 Å². The monoisotopic (exact) mass is 385 g/mol. The lowest BCUT2D eigenvalue weighted by Crippen LogP contribution is -2.39. The normalized spacial score (nSPS) is 17.9. The van der Waals surface area contributed by atoms with Crippen LogP contribution in [0, 0.1) is 6.92 Å². The Bertz CT molecular complexity index is 891. The number of imidazole rings is 1. The zero-order valence-corrected chi connectivity index (χ0v) is 16.4. The van der Waals surface area contributed by atoms with E-state index in [0.717, 1.165) is 53.7 Å². The molecule has 3 aromatic rings. The summed E-state index contributed by atoms with van der Waals surface area (Å²) < 4.78 is 1.86. The Labute approximate surface area is 161 Å². The van der Waals surface area contributed by atoms with Gasteiger partial charge in [-0.2, -0.15) is 0 Å². The molecule has 0 N–H and O–H groups in total. The van der Waals surface area contributed by atoms with Crippen LogP contribution in [0.1, 0.15) is 37.4 Å². The summed E-state index contributed by atoms with van der Waals surface area (Å²) in [7, 11) is 0. The van der Waals surface area contributed by atoms with Crippen LogP contribution in [0.2, 0.25) is 0 Å². The maximum absolute atomic E-state index is 12.3. The average Bonchev–Trinajstić information content (AvgIpc) is 3.08. The zero-order chi connectivity index (χ0) is 18.8. The number of aromatic nitrogens is 5. The molecule has 1 aliphatic rings. The summed E-state index contributed by atoms with van der Waals surface area (Å²) in [5.74, 6) is 0.0977. The molecule has 0 aromatic carbocycles. The number of fused-ring (bicyclic) bond motifs is 1. The molecular weight excluding hydrogens is 362 g/mol. The van der Waals surface area contributed by atoms with Gasteiger partial charge in [-0.25, -0.2) is 19.5 Å². The van der Waals surface area contributed by atoms with Gasteiger partial charge in [0.25, 0.3) is 0 Å². The molecule has 4 rings (SSSR count). The number of hydrogen-bond acceptors (Lipinski definition) is 7. The number of anilines is 1. The van der Waals surface area contributed by atoms with Gasteiger partial charge >= 0.3 is 0 Å². The first-order chi connectivity index (χ1) is 13.1. The first-order valence-electron chi connectivity index (χ1n) is 9.19. The van der Waals surface area contributed by atoms with Gasteiger partial charge in [-0.15, -0.1) is 5.10 Å². The van der Waals surface area contributed by atoms with Crippen LogP contribution < -0.4 is 4.90 Å². The quantitative estimate of drug-likeness (QED) is 0.686. The Morgan fingerprint density at radius 1 is 1.30 bits per heavy atom. The number of carbonyl (C=O) groups is 1. The first kappa shape index (κ1) is 17.8. The highest BCUT2D eigenvalue weighted by molar-refractivity contribution is 7.20. The number of hydrogen-bond donors (Lipinski definition) is 0. The number of carbonyl (C=O) groups excluding carboxylic acids is 1. The summed E-state index contributed by atoms with van der Waals surface area (Å²) in [6.45, 7) is 6.02. The third kappa shape index (κ3) is 3.92. The average molecular weight is 385 g/mol. The van der Waals surface area contributed by atoms with Crippen molar-refractivity contribution in [1.82, 2.24) is 29.5 Å². The Hall–Kier alpha value is -2.55. The molecule has 8 nitrogen and oxygen atoms in total. The van der Waals surface area contributed by atoms with E-state index in [1.807, 2.05) is 22.5 Å². The molecule has 1 aliphatic heterocycles. The molecule has 0 radical (unpaired) electrons. The SMILES string of the molecule is CC(=O)N(Cc1cncnc1)C1CCCN(c2nn3cc(C)nc3s2)CC1. The van der Waals surface area contributed by atoms with Gasteiger partial charge in [-0.3, -0.25) is 4.79 Å². The molecule has 1 atom stereocenters. The molecule has 1 saturated heterocycles. The first-order valence-corrected chi connectivity index (χ1v) is 10.0. The Morgan fingerprint density at radius 3 is 2.85 bits per heavy atom. The predicted octanol–water partition coefficient (Wildman–Crippen LogP) is 2.30. The van der Waals surface area contributed by atoms with Crippen LogP contribution in [-0.4, -0.2) is 54.5 Å². The maximum atomic E-state index is 12.3. The summed E-state index contributed by atoms with van der Waals surface area (Å²) in [6.07, 6.45) is 9.96. The van der Waals surface area contributed by atoms with Gasteiger partial charge in [-0.1, -0.05) is 11.3 Å². The molecule has 0 aliphatic carbocycles. The number of amides is 1. The lowest BCUT2D eigenvalue weighted by atomic mass is 10.1. The highest BCUT2D eigenvalue weighted by Crippen LogP contribution is 2.27. The van der Waals surface area contributed by atoms with Gasteiger partial charge in [0.05, 0.1) is 11.9 Å². The van der Waals surface area contributed by atoms with E-state index in [0.29, 0.717) is 6.54 Å². The molecule has 9 heteroatoms. The number of rotatable bonds is 4. The van der Waals surface area contributed by atoms with Gasteiger partial charge in [0.2, 0.25) is 16.0 Å². The second-order valence-corrected chi connectivity index (χ2v) is 7.89. The molecule has 1 unspecified atom stereocenters. The minimum Gasteiger partial charge on any atom is -0.347 e. The van der Waals surface area contributed by atoms with E-state index in [-0.39, 0.29) is 11.9 Å². The van der Waals surface area contributed by atoms with Gasteiger partial charge < -0.3 is 9.80 Å². The Kier molecular flexibility index (Phi) is 5.02. The standard InChI is InChI=1S/C18H23N7OS/c1-13-10-25-17(21-13)27-18(22-25)23-6-3-4-16(5-7-23)24(14(2)26)11-15-8-19-12-20-9-15/h8-10,12,16H,3-7,11H2,1-2H3. The molecule has 0 spiro atoms. The van der Waals surface area contributed by atoms with Crippen molar-refractivity contribution in [2.45, 2.75) is 45.7 Å². The van der Waals surface area contributed by atoms with Crippen LogP contribution in [0.5, 0.6) is 0 Å². The van der Waals surface area contributed by atoms with E-state index in [2.05, 4.69) is 25.0 Å². The van der Waals surface area contributed by atoms with Crippen molar-refractivity contribution < 1.29 is 4.79 Å². The van der Waals surface area contributed by atoms with Gasteiger partial charge in [-0.05, 0) is 26.2 Å². The van der Waals surface area contributed by atoms with Crippen molar-refractivity contribution >= 4 is 27.3 Å².